The van der Waals surface area contributed by atoms with Gasteiger partial charge < -0.3 is 9.73 Å². The van der Waals surface area contributed by atoms with Crippen LogP contribution in [0, 0.1) is 5.41 Å². The summed E-state index contributed by atoms with van der Waals surface area (Å²) >= 11 is 3.53. The van der Waals surface area contributed by atoms with E-state index in [1.807, 2.05) is 12.1 Å². The number of benzene rings is 1. The summed E-state index contributed by atoms with van der Waals surface area (Å²) in [5.74, 6) is 1.01. The molecule has 0 radical (unpaired) electrons. The number of halogens is 1. The maximum absolute atomic E-state index is 6.03. The van der Waals surface area contributed by atoms with Crippen LogP contribution >= 0.6 is 15.9 Å². The molecule has 0 bridgehead atoms. The maximum atomic E-state index is 6.03. The van der Waals surface area contributed by atoms with E-state index in [1.54, 1.807) is 0 Å². The Labute approximate surface area is 117 Å². The Morgan fingerprint density at radius 2 is 2.06 bits per heavy atom. The van der Waals surface area contributed by atoms with E-state index >= 15 is 0 Å². The Hall–Kier alpha value is -0.800. The topological polar surface area (TPSA) is 25.2 Å². The number of hydrogen-bond acceptors (Lipinski definition) is 2. The van der Waals surface area contributed by atoms with Gasteiger partial charge in [0.05, 0.1) is 10.5 Å². The number of hydrogen-bond donors (Lipinski definition) is 1. The van der Waals surface area contributed by atoms with E-state index in [1.165, 1.54) is 0 Å². The summed E-state index contributed by atoms with van der Waals surface area (Å²) < 4.78 is 7.04. The molecule has 0 fully saturated rings. The van der Waals surface area contributed by atoms with Crippen LogP contribution in [0.15, 0.2) is 33.2 Å². The first-order valence-electron chi connectivity index (χ1n) is 6.35. The molecule has 1 N–H and O–H groups in total. The molecule has 1 atom stereocenters. The molecule has 0 saturated carbocycles. The van der Waals surface area contributed by atoms with Gasteiger partial charge in [-0.25, -0.2) is 0 Å². The largest absolute Gasteiger partial charge is 0.458 e. The molecule has 2 nitrogen and oxygen atoms in total. The van der Waals surface area contributed by atoms with E-state index in [4.69, 9.17) is 4.42 Å². The summed E-state index contributed by atoms with van der Waals surface area (Å²) in [4.78, 5) is 0. The fourth-order valence-electron chi connectivity index (χ4n) is 2.23. The molecule has 1 unspecified atom stereocenters. The fourth-order valence-corrected chi connectivity index (χ4v) is 2.69. The highest BCUT2D eigenvalue weighted by atomic mass is 79.9. The van der Waals surface area contributed by atoms with Gasteiger partial charge in [0.25, 0.3) is 0 Å². The Morgan fingerprint density at radius 3 is 2.61 bits per heavy atom. The van der Waals surface area contributed by atoms with Crippen molar-refractivity contribution in [3.63, 3.8) is 0 Å². The van der Waals surface area contributed by atoms with Gasteiger partial charge >= 0.3 is 0 Å². The second-order valence-corrected chi connectivity index (χ2v) is 6.52. The van der Waals surface area contributed by atoms with Gasteiger partial charge in [0.2, 0.25) is 0 Å². The summed E-state index contributed by atoms with van der Waals surface area (Å²) in [5, 5.41) is 4.66. The Bertz CT molecular complexity index is 539. The smallest absolute Gasteiger partial charge is 0.148 e. The van der Waals surface area contributed by atoms with Crippen molar-refractivity contribution < 1.29 is 4.42 Å². The van der Waals surface area contributed by atoms with Gasteiger partial charge in [-0.1, -0.05) is 39.8 Å². The van der Waals surface area contributed by atoms with Gasteiger partial charge in [0.15, 0.2) is 0 Å². The molecular weight excluding hydrogens is 290 g/mol. The van der Waals surface area contributed by atoms with Crippen molar-refractivity contribution in [1.82, 2.24) is 5.32 Å². The highest BCUT2D eigenvalue weighted by Gasteiger charge is 2.28. The summed E-state index contributed by atoms with van der Waals surface area (Å²) in [7, 11) is 0. The molecule has 98 valence electrons. The number of rotatable bonds is 3. The van der Waals surface area contributed by atoms with Crippen LogP contribution in [0.25, 0.3) is 11.0 Å². The molecule has 0 aliphatic carbocycles. The van der Waals surface area contributed by atoms with Gasteiger partial charge in [-0.3, -0.25) is 0 Å². The number of para-hydroxylation sites is 1. The fraction of sp³-hybridized carbons (Fsp3) is 0.467. The highest BCUT2D eigenvalue weighted by Crippen LogP contribution is 2.37. The van der Waals surface area contributed by atoms with Gasteiger partial charge in [-0.05, 0) is 40.0 Å². The molecule has 0 amide bonds. The standard InChI is InChI=1S/C15H20BrNO/c1-5-17-14(15(2,3)4)12-9-10-7-6-8-11(16)13(10)18-12/h6-9,14,17H,5H2,1-4H3. The predicted octanol–water partition coefficient (Wildman–Crippen LogP) is 4.89. The number of nitrogens with one attached hydrogen (secondary N) is 1. The van der Waals surface area contributed by atoms with Crippen molar-refractivity contribution in [2.24, 2.45) is 5.41 Å². The molecule has 0 spiro atoms. The molecule has 3 heteroatoms. The lowest BCUT2D eigenvalue weighted by molar-refractivity contribution is 0.244. The summed E-state index contributed by atoms with van der Waals surface area (Å²) in [5.41, 5.74) is 1.05. The number of furan rings is 1. The molecule has 2 aromatic rings. The molecule has 1 aromatic heterocycles. The van der Waals surface area contributed by atoms with Crippen LogP contribution in [0.2, 0.25) is 0 Å². The zero-order valence-electron chi connectivity index (χ0n) is 11.4. The minimum absolute atomic E-state index is 0.121. The first-order chi connectivity index (χ1) is 8.43. The van der Waals surface area contributed by atoms with E-state index in [0.29, 0.717) is 0 Å². The third-order valence-electron chi connectivity index (χ3n) is 3.07. The lowest BCUT2D eigenvalue weighted by Crippen LogP contribution is -2.31. The molecule has 0 saturated heterocycles. The van der Waals surface area contributed by atoms with Crippen molar-refractivity contribution in [3.8, 4) is 0 Å². The van der Waals surface area contributed by atoms with Crippen LogP contribution < -0.4 is 5.32 Å². The minimum atomic E-state index is 0.121. The first kappa shape index (κ1) is 13.6. The molecule has 18 heavy (non-hydrogen) atoms. The van der Waals surface area contributed by atoms with Crippen LogP contribution in [0.5, 0.6) is 0 Å². The molecular formula is C15H20BrNO. The lowest BCUT2D eigenvalue weighted by atomic mass is 9.85. The van der Waals surface area contributed by atoms with Crippen LogP contribution in [-0.2, 0) is 0 Å². The normalized spacial score (nSPS) is 14.1. The molecule has 0 aliphatic heterocycles. The predicted molar refractivity (Wildman–Crippen MR) is 79.8 cm³/mol. The SMILES string of the molecule is CCNC(c1cc2cccc(Br)c2o1)C(C)(C)C. The average molecular weight is 310 g/mol. The summed E-state index contributed by atoms with van der Waals surface area (Å²) in [6, 6.07) is 8.49. The summed E-state index contributed by atoms with van der Waals surface area (Å²) in [6.45, 7) is 9.73. The van der Waals surface area contributed by atoms with Crippen LogP contribution in [0.3, 0.4) is 0 Å². The van der Waals surface area contributed by atoms with Crippen molar-refractivity contribution in [2.45, 2.75) is 33.7 Å². The van der Waals surface area contributed by atoms with Gasteiger partial charge in [-0.15, -0.1) is 0 Å². The van der Waals surface area contributed by atoms with Crippen LogP contribution in [0.4, 0.5) is 0 Å². The lowest BCUT2D eigenvalue weighted by Gasteiger charge is -2.29. The van der Waals surface area contributed by atoms with Crippen LogP contribution in [0.1, 0.15) is 39.5 Å². The maximum Gasteiger partial charge on any atom is 0.148 e. The van der Waals surface area contributed by atoms with Crippen molar-refractivity contribution in [2.75, 3.05) is 6.54 Å². The van der Waals surface area contributed by atoms with E-state index in [-0.39, 0.29) is 11.5 Å². The molecule has 2 rings (SSSR count). The Balaban J connectivity index is 2.48. The van der Waals surface area contributed by atoms with Crippen molar-refractivity contribution >= 4 is 26.9 Å². The third-order valence-corrected chi connectivity index (χ3v) is 3.70. The highest BCUT2D eigenvalue weighted by molar-refractivity contribution is 9.10. The first-order valence-corrected chi connectivity index (χ1v) is 7.14. The molecule has 0 aliphatic rings. The van der Waals surface area contributed by atoms with Gasteiger partial charge in [0, 0.05) is 5.39 Å². The second-order valence-electron chi connectivity index (χ2n) is 5.66. The Morgan fingerprint density at radius 1 is 1.33 bits per heavy atom. The van der Waals surface area contributed by atoms with Gasteiger partial charge in [0.1, 0.15) is 11.3 Å². The molecule has 1 aromatic carbocycles. The van der Waals surface area contributed by atoms with E-state index in [2.05, 4.69) is 61.1 Å². The second kappa shape index (κ2) is 5.06. The Kier molecular flexibility index (Phi) is 3.83. The van der Waals surface area contributed by atoms with E-state index in [0.717, 1.165) is 27.7 Å². The van der Waals surface area contributed by atoms with E-state index < -0.39 is 0 Å². The van der Waals surface area contributed by atoms with Gasteiger partial charge in [-0.2, -0.15) is 0 Å². The average Bonchev–Trinajstić information content (AvgIpc) is 2.69. The minimum Gasteiger partial charge on any atom is -0.458 e. The zero-order valence-corrected chi connectivity index (χ0v) is 13.0. The summed E-state index contributed by atoms with van der Waals surface area (Å²) in [6.07, 6.45) is 0. The van der Waals surface area contributed by atoms with Crippen molar-refractivity contribution in [3.05, 3.63) is 34.5 Å². The molecule has 1 heterocycles. The number of fused-ring (bicyclic) bond motifs is 1. The third kappa shape index (κ3) is 2.62. The zero-order chi connectivity index (χ0) is 13.3. The van der Waals surface area contributed by atoms with Crippen molar-refractivity contribution in [1.29, 1.82) is 0 Å². The monoisotopic (exact) mass is 309 g/mol. The quantitative estimate of drug-likeness (QED) is 0.873. The van der Waals surface area contributed by atoms with Crippen LogP contribution in [-0.4, -0.2) is 6.54 Å². The van der Waals surface area contributed by atoms with E-state index in [9.17, 15) is 0 Å².